The van der Waals surface area contributed by atoms with Crippen molar-refractivity contribution in [2.45, 2.75) is 19.6 Å². The molecule has 1 aliphatic heterocycles. The fraction of sp³-hybridized carbons (Fsp3) is 0.318. The van der Waals surface area contributed by atoms with Gasteiger partial charge in [0.2, 0.25) is 0 Å². The Kier molecular flexibility index (Phi) is 5.88. The molecule has 3 heterocycles. The largest absolute Gasteiger partial charge is 0.478 e. The molecule has 4 rings (SSSR count). The second kappa shape index (κ2) is 8.62. The summed E-state index contributed by atoms with van der Waals surface area (Å²) >= 11 is 0. The van der Waals surface area contributed by atoms with Gasteiger partial charge in [0.1, 0.15) is 5.82 Å². The highest BCUT2D eigenvalue weighted by Crippen LogP contribution is 2.30. The number of hydrogen-bond donors (Lipinski definition) is 2. The Hall–Kier alpha value is -3.40. The van der Waals surface area contributed by atoms with E-state index in [9.17, 15) is 23.1 Å². The summed E-state index contributed by atoms with van der Waals surface area (Å²) in [6.45, 7) is 5.17. The number of aryl methyl sites for hydroxylation is 1. The number of anilines is 1. The Morgan fingerprint density at radius 3 is 2.47 bits per heavy atom. The molecule has 2 N–H and O–H groups in total. The van der Waals surface area contributed by atoms with Crippen molar-refractivity contribution in [3.63, 3.8) is 0 Å². The van der Waals surface area contributed by atoms with Gasteiger partial charge in [0.25, 0.3) is 0 Å². The van der Waals surface area contributed by atoms with Crippen molar-refractivity contribution in [2.75, 3.05) is 31.1 Å². The summed E-state index contributed by atoms with van der Waals surface area (Å²) in [6.07, 6.45) is -1.75. The van der Waals surface area contributed by atoms with Crippen molar-refractivity contribution in [1.29, 1.82) is 0 Å². The highest BCUT2D eigenvalue weighted by molar-refractivity contribution is 5.90. The number of aromatic nitrogens is 3. The lowest BCUT2D eigenvalue weighted by molar-refractivity contribution is -0.137. The van der Waals surface area contributed by atoms with Gasteiger partial charge in [-0.1, -0.05) is 6.07 Å². The van der Waals surface area contributed by atoms with Gasteiger partial charge in [-0.3, -0.25) is 10.00 Å². The van der Waals surface area contributed by atoms with Crippen LogP contribution in [-0.4, -0.2) is 57.3 Å². The number of carboxylic acids is 1. The van der Waals surface area contributed by atoms with Crippen molar-refractivity contribution in [3.8, 4) is 11.3 Å². The molecule has 0 bridgehead atoms. The Morgan fingerprint density at radius 1 is 1.12 bits per heavy atom. The molecule has 1 saturated heterocycles. The third-order valence-corrected chi connectivity index (χ3v) is 5.63. The molecular formula is C22H22F3N5O2. The lowest BCUT2D eigenvalue weighted by atomic mass is 10.0. The minimum absolute atomic E-state index is 0.266. The van der Waals surface area contributed by atoms with Gasteiger partial charge in [-0.15, -0.1) is 0 Å². The zero-order valence-electron chi connectivity index (χ0n) is 17.4. The van der Waals surface area contributed by atoms with Gasteiger partial charge in [-0.2, -0.15) is 18.3 Å². The first kappa shape index (κ1) is 21.8. The number of rotatable bonds is 5. The minimum Gasteiger partial charge on any atom is -0.478 e. The van der Waals surface area contributed by atoms with Crippen LogP contribution < -0.4 is 4.90 Å². The topological polar surface area (TPSA) is 85.4 Å². The summed E-state index contributed by atoms with van der Waals surface area (Å²) in [7, 11) is 0. The fourth-order valence-electron chi connectivity index (χ4n) is 3.86. The molecule has 0 spiro atoms. The van der Waals surface area contributed by atoms with E-state index in [-0.39, 0.29) is 5.56 Å². The summed E-state index contributed by atoms with van der Waals surface area (Å²) in [5.74, 6) is -0.421. The zero-order chi connectivity index (χ0) is 22.9. The van der Waals surface area contributed by atoms with E-state index >= 15 is 0 Å². The van der Waals surface area contributed by atoms with Crippen LogP contribution in [0.1, 0.15) is 27.0 Å². The lowest BCUT2D eigenvalue weighted by Gasteiger charge is -2.35. The molecule has 0 aliphatic carbocycles. The number of nitrogens with one attached hydrogen (secondary N) is 1. The number of aromatic carboxylic acids is 1. The Bertz CT molecular complexity index is 1100. The van der Waals surface area contributed by atoms with Crippen LogP contribution in [0.2, 0.25) is 0 Å². The highest BCUT2D eigenvalue weighted by atomic mass is 19.4. The van der Waals surface area contributed by atoms with Crippen molar-refractivity contribution in [1.82, 2.24) is 20.1 Å². The molecule has 168 valence electrons. The summed E-state index contributed by atoms with van der Waals surface area (Å²) < 4.78 is 38.2. The van der Waals surface area contributed by atoms with Gasteiger partial charge in [0.05, 0.1) is 23.0 Å². The number of piperazine rings is 1. The van der Waals surface area contributed by atoms with Crippen molar-refractivity contribution < 1.29 is 23.1 Å². The van der Waals surface area contributed by atoms with Gasteiger partial charge in [0.15, 0.2) is 0 Å². The number of nitrogens with zero attached hydrogens (tertiary/aromatic N) is 4. The maximum absolute atomic E-state index is 12.7. The van der Waals surface area contributed by atoms with Crippen LogP contribution in [0.3, 0.4) is 0 Å². The first-order valence-electron chi connectivity index (χ1n) is 10.1. The van der Waals surface area contributed by atoms with Crippen molar-refractivity contribution in [2.24, 2.45) is 0 Å². The van der Waals surface area contributed by atoms with Gasteiger partial charge < -0.3 is 10.0 Å². The number of carbonyl (C=O) groups is 1. The van der Waals surface area contributed by atoms with E-state index in [2.05, 4.69) is 20.1 Å². The molecule has 0 saturated carbocycles. The summed E-state index contributed by atoms with van der Waals surface area (Å²) in [6, 6.07) is 7.66. The first-order chi connectivity index (χ1) is 15.2. The smallest absolute Gasteiger partial charge is 0.417 e. The van der Waals surface area contributed by atoms with Gasteiger partial charge in [-0.25, -0.2) is 9.78 Å². The number of H-pyrrole nitrogens is 1. The average Bonchev–Trinajstić information content (AvgIpc) is 3.21. The van der Waals surface area contributed by atoms with Gasteiger partial charge in [-0.05, 0) is 36.8 Å². The van der Waals surface area contributed by atoms with E-state index in [1.807, 2.05) is 11.0 Å². The maximum Gasteiger partial charge on any atom is 0.417 e. The molecule has 0 amide bonds. The summed E-state index contributed by atoms with van der Waals surface area (Å²) in [5.41, 5.74) is 2.90. The Morgan fingerprint density at radius 2 is 1.88 bits per heavy atom. The van der Waals surface area contributed by atoms with E-state index in [4.69, 9.17) is 0 Å². The number of aromatic amines is 1. The van der Waals surface area contributed by atoms with E-state index in [0.29, 0.717) is 31.0 Å². The average molecular weight is 445 g/mol. The maximum atomic E-state index is 12.7. The molecule has 3 aromatic rings. The predicted octanol–water partition coefficient (Wildman–Crippen LogP) is 3.82. The second-order valence-electron chi connectivity index (χ2n) is 7.77. The van der Waals surface area contributed by atoms with E-state index in [1.54, 1.807) is 25.3 Å². The number of pyridine rings is 1. The van der Waals surface area contributed by atoms with E-state index in [1.165, 1.54) is 6.07 Å². The highest BCUT2D eigenvalue weighted by Gasteiger charge is 2.31. The molecule has 0 unspecified atom stereocenters. The molecule has 0 atom stereocenters. The third-order valence-electron chi connectivity index (χ3n) is 5.63. The molecule has 1 fully saturated rings. The lowest BCUT2D eigenvalue weighted by Crippen LogP contribution is -2.46. The molecule has 10 heteroatoms. The minimum atomic E-state index is -4.39. The summed E-state index contributed by atoms with van der Waals surface area (Å²) in [5, 5.41) is 16.4. The number of carboxylic acid groups (broad SMARTS) is 1. The van der Waals surface area contributed by atoms with Crippen molar-refractivity contribution >= 4 is 11.8 Å². The third kappa shape index (κ3) is 4.59. The van der Waals surface area contributed by atoms with Crippen LogP contribution >= 0.6 is 0 Å². The molecular weight excluding hydrogens is 423 g/mol. The quantitative estimate of drug-likeness (QED) is 0.621. The standard InChI is InChI=1S/C22H22F3N5O2/c1-14-10-15(2-4-18(14)21(31)32)20-16(11-27-28-20)13-29-6-8-30(9-7-29)19-5-3-17(12-26-19)22(23,24)25/h2-5,10-12H,6-9,13H2,1H3,(H,27,28)(H,31,32). The number of hydrogen-bond acceptors (Lipinski definition) is 5. The van der Waals surface area contributed by atoms with Crippen LogP contribution in [0.15, 0.2) is 42.7 Å². The van der Waals surface area contributed by atoms with E-state index < -0.39 is 17.7 Å². The number of alkyl halides is 3. The monoisotopic (exact) mass is 445 g/mol. The molecule has 2 aromatic heterocycles. The summed E-state index contributed by atoms with van der Waals surface area (Å²) in [4.78, 5) is 19.5. The van der Waals surface area contributed by atoms with Gasteiger partial charge in [0, 0.05) is 50.0 Å². The number of halogens is 3. The molecule has 0 radical (unpaired) electrons. The van der Waals surface area contributed by atoms with Crippen molar-refractivity contribution in [3.05, 3.63) is 65.0 Å². The normalized spacial score (nSPS) is 15.2. The number of benzene rings is 1. The van der Waals surface area contributed by atoms with Crippen LogP contribution in [0.4, 0.5) is 19.0 Å². The van der Waals surface area contributed by atoms with Crippen LogP contribution in [0.5, 0.6) is 0 Å². The van der Waals surface area contributed by atoms with Crippen LogP contribution in [0.25, 0.3) is 11.3 Å². The van der Waals surface area contributed by atoms with Crippen LogP contribution in [0, 0.1) is 6.92 Å². The Labute approximate surface area is 182 Å². The Balaban J connectivity index is 1.40. The van der Waals surface area contributed by atoms with Gasteiger partial charge >= 0.3 is 12.1 Å². The fourth-order valence-corrected chi connectivity index (χ4v) is 3.86. The first-order valence-corrected chi connectivity index (χ1v) is 10.1. The van der Waals surface area contributed by atoms with Crippen LogP contribution in [-0.2, 0) is 12.7 Å². The van der Waals surface area contributed by atoms with E-state index in [0.717, 1.165) is 42.2 Å². The molecule has 1 aromatic carbocycles. The second-order valence-corrected chi connectivity index (χ2v) is 7.77. The molecule has 32 heavy (non-hydrogen) atoms. The molecule has 7 nitrogen and oxygen atoms in total. The SMILES string of the molecule is Cc1cc(-c2[nH]ncc2CN2CCN(c3ccc(C(F)(F)F)cn3)CC2)ccc1C(=O)O. The molecule has 1 aliphatic rings. The predicted molar refractivity (Wildman–Crippen MR) is 112 cm³/mol. The zero-order valence-corrected chi connectivity index (χ0v) is 17.4.